The van der Waals surface area contributed by atoms with Gasteiger partial charge in [0, 0.05) is 23.8 Å². The molecule has 2 fully saturated rings. The molecule has 1 atom stereocenters. The van der Waals surface area contributed by atoms with Gasteiger partial charge in [0.05, 0.1) is 4.90 Å². The normalized spacial score (nSPS) is 19.3. The summed E-state index contributed by atoms with van der Waals surface area (Å²) in [7, 11) is -3.77. The van der Waals surface area contributed by atoms with Crippen molar-refractivity contribution < 1.29 is 18.0 Å². The second-order valence-corrected chi connectivity index (χ2v) is 10.7. The minimum Gasteiger partial charge on any atom is -0.352 e. The Balaban J connectivity index is 1.46. The Morgan fingerprint density at radius 3 is 2.39 bits per heavy atom. The van der Waals surface area contributed by atoms with Crippen molar-refractivity contribution in [3.8, 4) is 0 Å². The summed E-state index contributed by atoms with van der Waals surface area (Å²) >= 11 is 0. The number of aryl methyl sites for hydroxylation is 1. The predicted octanol–water partition coefficient (Wildman–Crippen LogP) is 3.85. The first-order chi connectivity index (χ1) is 15.8. The molecule has 176 valence electrons. The maximum absolute atomic E-state index is 13.2. The molecule has 2 N–H and O–H groups in total. The van der Waals surface area contributed by atoms with Crippen LogP contribution in [0.2, 0.25) is 0 Å². The van der Waals surface area contributed by atoms with E-state index in [-0.39, 0.29) is 22.8 Å². The highest BCUT2D eigenvalue weighted by Crippen LogP contribution is 2.24. The number of benzene rings is 2. The molecule has 2 aromatic carbocycles. The molecule has 4 rings (SSSR count). The summed E-state index contributed by atoms with van der Waals surface area (Å²) in [5.74, 6) is -0.336. The molecule has 0 spiro atoms. The van der Waals surface area contributed by atoms with Crippen molar-refractivity contribution in [1.29, 1.82) is 0 Å². The molecule has 7 nitrogen and oxygen atoms in total. The lowest BCUT2D eigenvalue weighted by Crippen LogP contribution is -2.49. The maximum atomic E-state index is 13.2. The Morgan fingerprint density at radius 2 is 1.67 bits per heavy atom. The van der Waals surface area contributed by atoms with Crippen LogP contribution in [0.1, 0.15) is 60.9 Å². The van der Waals surface area contributed by atoms with Gasteiger partial charge in [0.15, 0.2) is 0 Å². The zero-order chi connectivity index (χ0) is 23.4. The average molecular weight is 470 g/mol. The van der Waals surface area contributed by atoms with Gasteiger partial charge in [-0.25, -0.2) is 8.42 Å². The van der Waals surface area contributed by atoms with Crippen LogP contribution in [0.15, 0.2) is 53.4 Å². The first-order valence-electron chi connectivity index (χ1n) is 11.6. The minimum absolute atomic E-state index is 0.0796. The molecule has 2 aliphatic rings. The Morgan fingerprint density at radius 1 is 0.939 bits per heavy atom. The van der Waals surface area contributed by atoms with E-state index < -0.39 is 16.1 Å². The second-order valence-electron chi connectivity index (χ2n) is 9.00. The Kier molecular flexibility index (Phi) is 7.02. The summed E-state index contributed by atoms with van der Waals surface area (Å²) in [5, 5.41) is 3.14. The maximum Gasteiger partial charge on any atom is 0.261 e. The summed E-state index contributed by atoms with van der Waals surface area (Å²) in [5.41, 5.74) is 1.63. The van der Waals surface area contributed by atoms with Gasteiger partial charge < -0.3 is 10.2 Å². The van der Waals surface area contributed by atoms with E-state index in [4.69, 9.17) is 0 Å². The second kappa shape index (κ2) is 9.95. The van der Waals surface area contributed by atoms with Gasteiger partial charge in [-0.05, 0) is 62.9 Å². The molecule has 1 saturated carbocycles. The Bertz CT molecular complexity index is 1110. The summed E-state index contributed by atoms with van der Waals surface area (Å²) in [4.78, 5) is 27.9. The number of hydrogen-bond donors (Lipinski definition) is 2. The largest absolute Gasteiger partial charge is 0.352 e. The van der Waals surface area contributed by atoms with E-state index in [1.165, 1.54) is 12.5 Å². The number of sulfonamides is 1. The number of carbonyl (C=O) groups excluding carboxylic acids is 2. The van der Waals surface area contributed by atoms with Crippen LogP contribution in [0, 0.1) is 6.92 Å². The lowest BCUT2D eigenvalue weighted by Gasteiger charge is -2.28. The smallest absolute Gasteiger partial charge is 0.261 e. The molecule has 0 bridgehead atoms. The van der Waals surface area contributed by atoms with Crippen molar-refractivity contribution in [2.75, 3.05) is 11.3 Å². The molecule has 1 heterocycles. The van der Waals surface area contributed by atoms with Gasteiger partial charge in [0.1, 0.15) is 6.04 Å². The predicted molar refractivity (Wildman–Crippen MR) is 128 cm³/mol. The van der Waals surface area contributed by atoms with Gasteiger partial charge in [-0.2, -0.15) is 0 Å². The van der Waals surface area contributed by atoms with Crippen molar-refractivity contribution in [2.24, 2.45) is 0 Å². The Labute approximate surface area is 195 Å². The van der Waals surface area contributed by atoms with Crippen molar-refractivity contribution in [1.82, 2.24) is 10.2 Å². The van der Waals surface area contributed by atoms with Crippen LogP contribution >= 0.6 is 0 Å². The van der Waals surface area contributed by atoms with Crippen LogP contribution in [-0.4, -0.2) is 43.8 Å². The fourth-order valence-corrected chi connectivity index (χ4v) is 5.69. The van der Waals surface area contributed by atoms with Crippen LogP contribution in [0.5, 0.6) is 0 Å². The summed E-state index contributed by atoms with van der Waals surface area (Å²) in [6.45, 7) is 2.40. The third-order valence-electron chi connectivity index (χ3n) is 6.46. The van der Waals surface area contributed by atoms with Crippen molar-refractivity contribution in [3.63, 3.8) is 0 Å². The van der Waals surface area contributed by atoms with Crippen LogP contribution in [0.3, 0.4) is 0 Å². The van der Waals surface area contributed by atoms with E-state index in [0.717, 1.165) is 37.7 Å². The molecule has 1 aliphatic carbocycles. The fraction of sp³-hybridized carbons (Fsp3) is 0.440. The first kappa shape index (κ1) is 23.3. The summed E-state index contributed by atoms with van der Waals surface area (Å²) in [6.07, 6.45) is 6.88. The quantitative estimate of drug-likeness (QED) is 0.672. The highest BCUT2D eigenvalue weighted by Gasteiger charge is 2.35. The monoisotopic (exact) mass is 469 g/mol. The number of anilines is 1. The molecule has 0 aromatic heterocycles. The Hall–Kier alpha value is -2.87. The molecule has 2 amide bonds. The lowest BCUT2D eigenvalue weighted by atomic mass is 9.95. The zero-order valence-corrected chi connectivity index (χ0v) is 19.7. The molecular weight excluding hydrogens is 438 g/mol. The number of amides is 2. The van der Waals surface area contributed by atoms with Crippen LogP contribution < -0.4 is 10.0 Å². The van der Waals surface area contributed by atoms with Crippen LogP contribution in [0.25, 0.3) is 0 Å². The molecule has 1 saturated heterocycles. The molecular formula is C25H31N3O4S. The highest BCUT2D eigenvalue weighted by molar-refractivity contribution is 7.92. The molecule has 2 aromatic rings. The van der Waals surface area contributed by atoms with Gasteiger partial charge in [0.2, 0.25) is 5.91 Å². The fourth-order valence-electron chi connectivity index (χ4n) is 4.64. The van der Waals surface area contributed by atoms with E-state index in [1.54, 1.807) is 47.4 Å². The van der Waals surface area contributed by atoms with Crippen LogP contribution in [-0.2, 0) is 14.8 Å². The molecule has 33 heavy (non-hydrogen) atoms. The van der Waals surface area contributed by atoms with Gasteiger partial charge in [0.25, 0.3) is 15.9 Å². The molecule has 8 heteroatoms. The molecule has 0 radical (unpaired) electrons. The number of nitrogens with zero attached hydrogens (tertiary/aromatic N) is 1. The number of carbonyl (C=O) groups is 2. The summed E-state index contributed by atoms with van der Waals surface area (Å²) < 4.78 is 28.0. The van der Waals surface area contributed by atoms with E-state index >= 15 is 0 Å². The summed E-state index contributed by atoms with van der Waals surface area (Å²) in [6, 6.07) is 12.7. The van der Waals surface area contributed by atoms with Gasteiger partial charge >= 0.3 is 0 Å². The van der Waals surface area contributed by atoms with Crippen molar-refractivity contribution in [2.45, 2.75) is 68.8 Å². The highest BCUT2D eigenvalue weighted by atomic mass is 32.2. The molecule has 1 aliphatic heterocycles. The van der Waals surface area contributed by atoms with E-state index in [1.807, 2.05) is 6.92 Å². The minimum atomic E-state index is -3.77. The van der Waals surface area contributed by atoms with Gasteiger partial charge in [-0.1, -0.05) is 43.0 Å². The number of rotatable bonds is 6. The van der Waals surface area contributed by atoms with Crippen molar-refractivity contribution in [3.05, 3.63) is 59.7 Å². The number of hydrogen-bond acceptors (Lipinski definition) is 4. The number of likely N-dealkylation sites (tertiary alicyclic amines) is 1. The van der Waals surface area contributed by atoms with E-state index in [9.17, 15) is 18.0 Å². The van der Waals surface area contributed by atoms with Crippen LogP contribution in [0.4, 0.5) is 5.69 Å². The topological polar surface area (TPSA) is 95.6 Å². The van der Waals surface area contributed by atoms with E-state index in [2.05, 4.69) is 10.0 Å². The average Bonchev–Trinajstić information content (AvgIpc) is 3.29. The van der Waals surface area contributed by atoms with Gasteiger partial charge in [-0.3, -0.25) is 14.3 Å². The van der Waals surface area contributed by atoms with Crippen molar-refractivity contribution >= 4 is 27.5 Å². The van der Waals surface area contributed by atoms with E-state index in [0.29, 0.717) is 24.2 Å². The van der Waals surface area contributed by atoms with Gasteiger partial charge in [-0.15, -0.1) is 0 Å². The third-order valence-corrected chi connectivity index (χ3v) is 7.86. The third kappa shape index (κ3) is 5.55. The molecule has 1 unspecified atom stereocenters. The number of nitrogens with one attached hydrogen (secondary N) is 2. The lowest BCUT2D eigenvalue weighted by molar-refractivity contribution is -0.125. The SMILES string of the molecule is Cc1ccc(S(=O)(=O)Nc2cccc(C(=O)N3CCCC3C(=O)NC3CCCCC3)c2)cc1. The zero-order valence-electron chi connectivity index (χ0n) is 18.9. The standard InChI is InChI=1S/C25H31N3O4S/c1-18-12-14-22(15-13-18)33(31,32)27-21-10-5-7-19(17-21)25(30)28-16-6-11-23(28)24(29)26-20-8-3-2-4-9-20/h5,7,10,12-15,17,20,23,27H,2-4,6,8-9,11,16H2,1H3,(H,26,29). The first-order valence-corrected chi connectivity index (χ1v) is 13.1.